The summed E-state index contributed by atoms with van der Waals surface area (Å²) >= 11 is 0. The quantitative estimate of drug-likeness (QED) is 0.749. The molecule has 0 spiro atoms. The highest BCUT2D eigenvalue weighted by Gasteiger charge is 2.10. The molecule has 2 aromatic heterocycles. The number of hydrogen-bond donors (Lipinski definition) is 2. The fraction of sp³-hybridized carbons (Fsp3) is 0.235. The Morgan fingerprint density at radius 1 is 1.09 bits per heavy atom. The second kappa shape index (κ2) is 6.48. The summed E-state index contributed by atoms with van der Waals surface area (Å²) in [5, 5.41) is 0. The van der Waals surface area contributed by atoms with Crippen molar-refractivity contribution in [1.29, 1.82) is 0 Å². The van der Waals surface area contributed by atoms with Crippen LogP contribution in [0.2, 0.25) is 0 Å². The van der Waals surface area contributed by atoms with Crippen LogP contribution in [0.1, 0.15) is 11.1 Å². The molecule has 0 radical (unpaired) electrons. The number of imidazole rings is 1. The number of carbonyl (C=O) groups excluding carboxylic acids is 1. The fourth-order valence-corrected chi connectivity index (χ4v) is 2.47. The van der Waals surface area contributed by atoms with Gasteiger partial charge in [0.1, 0.15) is 0 Å². The van der Waals surface area contributed by atoms with Gasteiger partial charge in [-0.15, -0.1) is 0 Å². The first-order valence-electron chi connectivity index (χ1n) is 7.45. The summed E-state index contributed by atoms with van der Waals surface area (Å²) in [7, 11) is 1.81. The lowest BCUT2D eigenvalue weighted by molar-refractivity contribution is -0.129. The highest BCUT2D eigenvalue weighted by molar-refractivity contribution is 5.81. The number of nitrogens with one attached hydrogen (secondary N) is 2. The average Bonchev–Trinajstić information content (AvgIpc) is 2.92. The summed E-state index contributed by atoms with van der Waals surface area (Å²) in [5.74, 6) is 0.0521. The first kappa shape index (κ1) is 15.0. The van der Waals surface area contributed by atoms with E-state index in [1.54, 1.807) is 24.3 Å². The Kier molecular flexibility index (Phi) is 4.23. The van der Waals surface area contributed by atoms with E-state index in [9.17, 15) is 9.59 Å². The number of nitrogens with zero attached hydrogens (tertiary/aromatic N) is 2. The number of benzene rings is 1. The van der Waals surface area contributed by atoms with Crippen molar-refractivity contribution < 1.29 is 4.79 Å². The molecule has 3 aromatic rings. The van der Waals surface area contributed by atoms with Crippen LogP contribution in [0.5, 0.6) is 0 Å². The van der Waals surface area contributed by atoms with Crippen molar-refractivity contribution in [2.45, 2.75) is 12.8 Å². The van der Waals surface area contributed by atoms with Crippen molar-refractivity contribution in [1.82, 2.24) is 19.9 Å². The number of amides is 1. The standard InChI is InChI=1S/C17H18N4O2/c1-21(9-6-12-4-7-18-8-5-12)16(22)11-13-2-3-14-15(10-13)20-17(23)19-14/h2-5,7-8,10H,6,9,11H2,1H3,(H2,19,20,23). The molecule has 0 aliphatic heterocycles. The topological polar surface area (TPSA) is 81.8 Å². The summed E-state index contributed by atoms with van der Waals surface area (Å²) in [6, 6.07) is 9.42. The molecule has 2 heterocycles. The van der Waals surface area contributed by atoms with E-state index in [-0.39, 0.29) is 11.6 Å². The third kappa shape index (κ3) is 3.66. The first-order valence-corrected chi connectivity index (χ1v) is 7.45. The molecule has 23 heavy (non-hydrogen) atoms. The van der Waals surface area contributed by atoms with Gasteiger partial charge in [0, 0.05) is 26.0 Å². The van der Waals surface area contributed by atoms with Crippen molar-refractivity contribution in [3.8, 4) is 0 Å². The lowest BCUT2D eigenvalue weighted by Gasteiger charge is -2.17. The van der Waals surface area contributed by atoms with Gasteiger partial charge >= 0.3 is 5.69 Å². The SMILES string of the molecule is CN(CCc1ccncc1)C(=O)Cc1ccc2[nH]c(=O)[nH]c2c1. The predicted octanol–water partition coefficient (Wildman–Crippen LogP) is 1.49. The number of aromatic nitrogens is 3. The number of hydrogen-bond acceptors (Lipinski definition) is 3. The second-order valence-corrected chi connectivity index (χ2v) is 5.56. The molecular weight excluding hydrogens is 292 g/mol. The van der Waals surface area contributed by atoms with Gasteiger partial charge in [0.05, 0.1) is 17.5 Å². The van der Waals surface area contributed by atoms with E-state index in [1.165, 1.54) is 0 Å². The minimum atomic E-state index is -0.238. The van der Waals surface area contributed by atoms with Gasteiger partial charge in [0.15, 0.2) is 0 Å². The largest absolute Gasteiger partial charge is 0.345 e. The molecule has 0 unspecified atom stereocenters. The molecule has 0 aliphatic carbocycles. The molecule has 0 fully saturated rings. The van der Waals surface area contributed by atoms with Crippen LogP contribution < -0.4 is 5.69 Å². The molecule has 2 N–H and O–H groups in total. The minimum absolute atomic E-state index is 0.0521. The van der Waals surface area contributed by atoms with Crippen LogP contribution in [0, 0.1) is 0 Å². The van der Waals surface area contributed by atoms with Crippen LogP contribution in [0.25, 0.3) is 11.0 Å². The van der Waals surface area contributed by atoms with E-state index in [0.717, 1.165) is 28.6 Å². The molecule has 0 saturated heterocycles. The maximum absolute atomic E-state index is 12.3. The van der Waals surface area contributed by atoms with Gasteiger partial charge in [0.2, 0.25) is 5.91 Å². The van der Waals surface area contributed by atoms with Gasteiger partial charge < -0.3 is 14.9 Å². The number of rotatable bonds is 5. The van der Waals surface area contributed by atoms with Crippen molar-refractivity contribution in [3.05, 3.63) is 64.3 Å². The van der Waals surface area contributed by atoms with E-state index in [4.69, 9.17) is 0 Å². The van der Waals surface area contributed by atoms with E-state index >= 15 is 0 Å². The minimum Gasteiger partial charge on any atom is -0.345 e. The van der Waals surface area contributed by atoms with Gasteiger partial charge in [0.25, 0.3) is 0 Å². The third-order valence-corrected chi connectivity index (χ3v) is 3.85. The van der Waals surface area contributed by atoms with Crippen molar-refractivity contribution >= 4 is 16.9 Å². The molecule has 1 amide bonds. The lowest BCUT2D eigenvalue weighted by Crippen LogP contribution is -2.30. The Morgan fingerprint density at radius 3 is 2.61 bits per heavy atom. The number of fused-ring (bicyclic) bond motifs is 1. The van der Waals surface area contributed by atoms with Crippen LogP contribution >= 0.6 is 0 Å². The molecule has 0 bridgehead atoms. The molecule has 1 aromatic carbocycles. The second-order valence-electron chi connectivity index (χ2n) is 5.56. The summed E-state index contributed by atoms with van der Waals surface area (Å²) in [6.45, 7) is 0.659. The number of carbonyl (C=O) groups is 1. The van der Waals surface area contributed by atoms with Gasteiger partial charge in [-0.05, 0) is 41.8 Å². The summed E-state index contributed by atoms with van der Waals surface area (Å²) < 4.78 is 0. The van der Waals surface area contributed by atoms with Crippen molar-refractivity contribution in [2.24, 2.45) is 0 Å². The highest BCUT2D eigenvalue weighted by atomic mass is 16.2. The number of likely N-dealkylation sites (N-methyl/N-ethyl adjacent to an activating group) is 1. The average molecular weight is 310 g/mol. The van der Waals surface area contributed by atoms with Gasteiger partial charge in [-0.1, -0.05) is 6.07 Å². The Bertz CT molecular complexity index is 867. The smallest absolute Gasteiger partial charge is 0.323 e. The van der Waals surface area contributed by atoms with E-state index in [0.29, 0.717) is 13.0 Å². The molecular formula is C17H18N4O2. The summed E-state index contributed by atoms with van der Waals surface area (Å²) in [4.78, 5) is 34.7. The van der Waals surface area contributed by atoms with Crippen molar-refractivity contribution in [2.75, 3.05) is 13.6 Å². The maximum Gasteiger partial charge on any atom is 0.323 e. The van der Waals surface area contributed by atoms with Crippen LogP contribution in [0.15, 0.2) is 47.5 Å². The predicted molar refractivity (Wildman–Crippen MR) is 88.2 cm³/mol. The zero-order valence-electron chi connectivity index (χ0n) is 12.9. The monoisotopic (exact) mass is 310 g/mol. The third-order valence-electron chi connectivity index (χ3n) is 3.85. The fourth-order valence-electron chi connectivity index (χ4n) is 2.47. The van der Waals surface area contributed by atoms with Crippen LogP contribution in [0.4, 0.5) is 0 Å². The Balaban J connectivity index is 1.61. The number of aromatic amines is 2. The molecule has 6 heteroatoms. The van der Waals surface area contributed by atoms with Crippen LogP contribution in [-0.4, -0.2) is 39.4 Å². The lowest BCUT2D eigenvalue weighted by atomic mass is 10.1. The zero-order chi connectivity index (χ0) is 16.2. The normalized spacial score (nSPS) is 10.8. The molecule has 0 atom stereocenters. The van der Waals surface area contributed by atoms with E-state index < -0.39 is 0 Å². The maximum atomic E-state index is 12.3. The zero-order valence-corrected chi connectivity index (χ0v) is 12.9. The summed E-state index contributed by atoms with van der Waals surface area (Å²) in [6.07, 6.45) is 4.62. The Morgan fingerprint density at radius 2 is 1.83 bits per heavy atom. The van der Waals surface area contributed by atoms with E-state index in [2.05, 4.69) is 15.0 Å². The van der Waals surface area contributed by atoms with Crippen LogP contribution in [-0.2, 0) is 17.6 Å². The molecule has 0 aliphatic rings. The van der Waals surface area contributed by atoms with Crippen molar-refractivity contribution in [3.63, 3.8) is 0 Å². The highest BCUT2D eigenvalue weighted by Crippen LogP contribution is 2.11. The van der Waals surface area contributed by atoms with Crippen LogP contribution in [0.3, 0.4) is 0 Å². The van der Waals surface area contributed by atoms with Gasteiger partial charge in [-0.25, -0.2) is 4.79 Å². The number of H-pyrrole nitrogens is 2. The molecule has 3 rings (SSSR count). The summed E-state index contributed by atoms with van der Waals surface area (Å²) in [5.41, 5.74) is 3.27. The molecule has 6 nitrogen and oxygen atoms in total. The van der Waals surface area contributed by atoms with Gasteiger partial charge in [-0.3, -0.25) is 9.78 Å². The first-order chi connectivity index (χ1) is 11.1. The molecule has 118 valence electrons. The number of pyridine rings is 1. The van der Waals surface area contributed by atoms with Gasteiger partial charge in [-0.2, -0.15) is 0 Å². The Labute approximate surface area is 133 Å². The Hall–Kier alpha value is -2.89. The molecule has 0 saturated carbocycles. The van der Waals surface area contributed by atoms with E-state index in [1.807, 2.05) is 30.3 Å².